The average Bonchev–Trinajstić information content (AvgIpc) is 2.75. The second-order valence-corrected chi connectivity index (χ2v) is 5.36. The minimum atomic E-state index is -0.938. The van der Waals surface area contributed by atoms with Gasteiger partial charge in [-0.15, -0.1) is 11.3 Å². The third-order valence-electron chi connectivity index (χ3n) is 2.40. The molecule has 6 heteroatoms. The Morgan fingerprint density at radius 2 is 1.83 bits per heavy atom. The van der Waals surface area contributed by atoms with Crippen LogP contribution < -0.4 is 4.74 Å². The summed E-state index contributed by atoms with van der Waals surface area (Å²) in [5, 5.41) is 1.75. The molecule has 0 amide bonds. The van der Waals surface area contributed by atoms with E-state index in [4.69, 9.17) is 4.74 Å². The summed E-state index contributed by atoms with van der Waals surface area (Å²) >= 11 is 4.52. The van der Waals surface area contributed by atoms with Gasteiger partial charge in [-0.2, -0.15) is 0 Å². The van der Waals surface area contributed by atoms with Crippen molar-refractivity contribution in [2.24, 2.45) is 0 Å². The van der Waals surface area contributed by atoms with Crippen LogP contribution in [0.1, 0.15) is 15.3 Å². The second-order valence-electron chi connectivity index (χ2n) is 3.50. The largest absolute Gasteiger partial charge is 0.496 e. The van der Waals surface area contributed by atoms with E-state index < -0.39 is 22.3 Å². The number of alkyl halides is 1. The number of hydrogen-bond acceptors (Lipinski definition) is 2. The number of benzene rings is 1. The highest BCUT2D eigenvalue weighted by Gasteiger charge is 2.24. The zero-order valence-electron chi connectivity index (χ0n) is 9.22. The summed E-state index contributed by atoms with van der Waals surface area (Å²) < 4.78 is 45.2. The van der Waals surface area contributed by atoms with Crippen LogP contribution >= 0.6 is 27.3 Å². The zero-order chi connectivity index (χ0) is 13.3. The molecule has 0 saturated carbocycles. The van der Waals surface area contributed by atoms with Gasteiger partial charge in [0.2, 0.25) is 0 Å². The molecule has 0 radical (unpaired) electrons. The van der Waals surface area contributed by atoms with Crippen molar-refractivity contribution in [1.82, 2.24) is 0 Å². The van der Waals surface area contributed by atoms with Gasteiger partial charge in [-0.25, -0.2) is 13.2 Å². The highest BCUT2D eigenvalue weighted by Crippen LogP contribution is 2.42. The first-order valence-electron chi connectivity index (χ1n) is 4.94. The van der Waals surface area contributed by atoms with Crippen LogP contribution in [0.5, 0.6) is 5.75 Å². The maximum absolute atomic E-state index is 13.6. The van der Waals surface area contributed by atoms with Crippen molar-refractivity contribution >= 4 is 27.3 Å². The Bertz CT molecular complexity index is 547. The number of thiophene rings is 1. The Labute approximate surface area is 114 Å². The van der Waals surface area contributed by atoms with Crippen LogP contribution in [-0.2, 0) is 0 Å². The standard InChI is InChI=1S/C12H8BrF3OS/c1-17-9-2-3-18-12(9)11(13)10-7(15)4-6(14)5-8(10)16/h2-5,11H,1H3. The van der Waals surface area contributed by atoms with Crippen molar-refractivity contribution in [3.8, 4) is 5.75 Å². The predicted octanol–water partition coefficient (Wildman–Crippen LogP) is 4.66. The topological polar surface area (TPSA) is 9.23 Å². The van der Waals surface area contributed by atoms with Gasteiger partial charge in [0, 0.05) is 17.7 Å². The molecule has 1 atom stereocenters. The molecule has 0 aliphatic heterocycles. The van der Waals surface area contributed by atoms with Gasteiger partial charge in [0.1, 0.15) is 23.2 Å². The van der Waals surface area contributed by atoms with Gasteiger partial charge in [0.15, 0.2) is 0 Å². The van der Waals surface area contributed by atoms with E-state index in [9.17, 15) is 13.2 Å². The number of halogens is 4. The third-order valence-corrected chi connectivity index (χ3v) is 4.59. The van der Waals surface area contributed by atoms with Crippen LogP contribution in [0.4, 0.5) is 13.2 Å². The molecule has 0 aliphatic rings. The summed E-state index contributed by atoms with van der Waals surface area (Å²) in [7, 11) is 1.47. The van der Waals surface area contributed by atoms with Crippen molar-refractivity contribution in [2.45, 2.75) is 4.83 Å². The maximum Gasteiger partial charge on any atom is 0.134 e. The van der Waals surface area contributed by atoms with Gasteiger partial charge >= 0.3 is 0 Å². The van der Waals surface area contributed by atoms with Crippen molar-refractivity contribution in [3.63, 3.8) is 0 Å². The van der Waals surface area contributed by atoms with Crippen molar-refractivity contribution in [1.29, 1.82) is 0 Å². The number of hydrogen-bond donors (Lipinski definition) is 0. The lowest BCUT2D eigenvalue weighted by Crippen LogP contribution is -2.01. The smallest absolute Gasteiger partial charge is 0.134 e. The van der Waals surface area contributed by atoms with E-state index in [0.717, 1.165) is 0 Å². The summed E-state index contributed by atoms with van der Waals surface area (Å²) in [6.07, 6.45) is 0. The van der Waals surface area contributed by atoms with E-state index in [-0.39, 0.29) is 5.56 Å². The van der Waals surface area contributed by atoms with Crippen LogP contribution in [0.2, 0.25) is 0 Å². The van der Waals surface area contributed by atoms with E-state index in [1.807, 2.05) is 0 Å². The molecule has 0 saturated heterocycles. The Morgan fingerprint density at radius 3 is 2.39 bits per heavy atom. The quantitative estimate of drug-likeness (QED) is 0.741. The van der Waals surface area contributed by atoms with E-state index in [2.05, 4.69) is 15.9 Å². The number of ether oxygens (including phenoxy) is 1. The van der Waals surface area contributed by atoms with Gasteiger partial charge in [-0.3, -0.25) is 0 Å². The van der Waals surface area contributed by atoms with Crippen LogP contribution in [0, 0.1) is 17.5 Å². The summed E-state index contributed by atoms with van der Waals surface area (Å²) in [5.41, 5.74) is -0.225. The molecular formula is C12H8BrF3OS. The minimum Gasteiger partial charge on any atom is -0.496 e. The van der Waals surface area contributed by atoms with E-state index in [1.54, 1.807) is 11.4 Å². The Kier molecular flexibility index (Phi) is 3.97. The molecule has 0 N–H and O–H groups in total. The average molecular weight is 337 g/mol. The molecular weight excluding hydrogens is 329 g/mol. The fraction of sp³-hybridized carbons (Fsp3) is 0.167. The minimum absolute atomic E-state index is 0.225. The molecule has 2 aromatic rings. The SMILES string of the molecule is COc1ccsc1C(Br)c1c(F)cc(F)cc1F. The lowest BCUT2D eigenvalue weighted by molar-refractivity contribution is 0.412. The first-order chi connectivity index (χ1) is 8.54. The van der Waals surface area contributed by atoms with Crippen LogP contribution in [0.3, 0.4) is 0 Å². The van der Waals surface area contributed by atoms with Crippen LogP contribution in [0.15, 0.2) is 23.6 Å². The lowest BCUT2D eigenvalue weighted by atomic mass is 10.1. The maximum atomic E-state index is 13.6. The normalized spacial score (nSPS) is 12.5. The van der Waals surface area contributed by atoms with Crippen molar-refractivity contribution < 1.29 is 17.9 Å². The lowest BCUT2D eigenvalue weighted by Gasteiger charge is -2.12. The molecule has 0 fully saturated rings. The summed E-state index contributed by atoms with van der Waals surface area (Å²) in [4.78, 5) is -0.0880. The summed E-state index contributed by atoms with van der Waals surface area (Å²) in [6, 6.07) is 3.02. The van der Waals surface area contributed by atoms with E-state index >= 15 is 0 Å². The van der Waals surface area contributed by atoms with Gasteiger partial charge < -0.3 is 4.74 Å². The molecule has 1 aromatic carbocycles. The summed E-state index contributed by atoms with van der Waals surface area (Å²) in [5.74, 6) is -2.26. The molecule has 0 spiro atoms. The first kappa shape index (κ1) is 13.4. The van der Waals surface area contributed by atoms with Crippen molar-refractivity contribution in [3.05, 3.63) is 51.5 Å². The molecule has 1 unspecified atom stereocenters. The van der Waals surface area contributed by atoms with Crippen LogP contribution in [0.25, 0.3) is 0 Å². The van der Waals surface area contributed by atoms with Gasteiger partial charge in [-0.05, 0) is 11.4 Å². The fourth-order valence-corrected chi connectivity index (χ4v) is 3.42. The molecule has 0 bridgehead atoms. The van der Waals surface area contributed by atoms with E-state index in [1.165, 1.54) is 18.4 Å². The van der Waals surface area contributed by atoms with Gasteiger partial charge in [-0.1, -0.05) is 15.9 Å². The molecule has 1 nitrogen and oxygen atoms in total. The van der Waals surface area contributed by atoms with Crippen molar-refractivity contribution in [2.75, 3.05) is 7.11 Å². The third kappa shape index (κ3) is 2.40. The zero-order valence-corrected chi connectivity index (χ0v) is 11.6. The molecule has 1 heterocycles. The van der Waals surface area contributed by atoms with E-state index in [0.29, 0.717) is 22.8 Å². The van der Waals surface area contributed by atoms with Crippen LogP contribution in [-0.4, -0.2) is 7.11 Å². The Balaban J connectivity index is 2.49. The fourth-order valence-electron chi connectivity index (χ4n) is 1.59. The number of methoxy groups -OCH3 is 1. The predicted molar refractivity (Wildman–Crippen MR) is 68.0 cm³/mol. The number of rotatable bonds is 3. The highest BCUT2D eigenvalue weighted by atomic mass is 79.9. The Morgan fingerprint density at radius 1 is 1.22 bits per heavy atom. The Hall–Kier alpha value is -1.01. The second kappa shape index (κ2) is 5.32. The molecule has 0 aliphatic carbocycles. The highest BCUT2D eigenvalue weighted by molar-refractivity contribution is 9.09. The monoisotopic (exact) mass is 336 g/mol. The molecule has 96 valence electrons. The molecule has 18 heavy (non-hydrogen) atoms. The summed E-state index contributed by atoms with van der Waals surface area (Å²) in [6.45, 7) is 0. The van der Waals surface area contributed by atoms with Gasteiger partial charge in [0.05, 0.1) is 16.8 Å². The first-order valence-corrected chi connectivity index (χ1v) is 6.74. The van der Waals surface area contributed by atoms with Gasteiger partial charge in [0.25, 0.3) is 0 Å². The molecule has 1 aromatic heterocycles. The molecule has 2 rings (SSSR count).